The van der Waals surface area contributed by atoms with Gasteiger partial charge in [0.2, 0.25) is 0 Å². The van der Waals surface area contributed by atoms with Gasteiger partial charge in [0.25, 0.3) is 0 Å². The molecule has 3 rings (SSSR count). The van der Waals surface area contributed by atoms with Gasteiger partial charge >= 0.3 is 5.97 Å². The van der Waals surface area contributed by atoms with E-state index in [0.29, 0.717) is 16.6 Å². The quantitative estimate of drug-likeness (QED) is 0.583. The molecule has 0 amide bonds. The highest BCUT2D eigenvalue weighted by atomic mass is 79.9. The van der Waals surface area contributed by atoms with Gasteiger partial charge in [0.05, 0.1) is 16.8 Å². The third-order valence-corrected chi connectivity index (χ3v) is 4.39. The normalized spacial score (nSPS) is 11.2. The standard InChI is InChI=1S/C18H11Br2NO2/c19-12-8-14-15(18(22)23)10-13(21-17(14)16(20)9-12)7-6-11-4-2-1-3-5-11/h1-10H,(H,22,23)/b7-6+. The molecule has 23 heavy (non-hydrogen) atoms. The van der Waals surface area contributed by atoms with Gasteiger partial charge in [0.15, 0.2) is 0 Å². The van der Waals surface area contributed by atoms with Gasteiger partial charge < -0.3 is 5.11 Å². The van der Waals surface area contributed by atoms with Crippen molar-refractivity contribution in [3.8, 4) is 0 Å². The second kappa shape index (κ2) is 6.64. The van der Waals surface area contributed by atoms with Crippen LogP contribution in [0.4, 0.5) is 0 Å². The van der Waals surface area contributed by atoms with E-state index in [-0.39, 0.29) is 5.56 Å². The third kappa shape index (κ3) is 3.51. The molecule has 2 aromatic carbocycles. The molecule has 0 saturated carbocycles. The van der Waals surface area contributed by atoms with Crippen LogP contribution < -0.4 is 0 Å². The van der Waals surface area contributed by atoms with Crippen molar-refractivity contribution in [2.45, 2.75) is 0 Å². The van der Waals surface area contributed by atoms with Crippen molar-refractivity contribution >= 4 is 60.9 Å². The first-order chi connectivity index (χ1) is 11.0. The van der Waals surface area contributed by atoms with Crippen LogP contribution in [-0.4, -0.2) is 16.1 Å². The number of nitrogens with zero attached hydrogens (tertiary/aromatic N) is 1. The first-order valence-corrected chi connectivity index (χ1v) is 8.39. The Kier molecular flexibility index (Phi) is 4.59. The van der Waals surface area contributed by atoms with Crippen molar-refractivity contribution < 1.29 is 9.90 Å². The molecule has 0 fully saturated rings. The fourth-order valence-electron chi connectivity index (χ4n) is 2.28. The average molecular weight is 433 g/mol. The maximum Gasteiger partial charge on any atom is 0.336 e. The topological polar surface area (TPSA) is 50.2 Å². The molecule has 114 valence electrons. The van der Waals surface area contributed by atoms with Crippen LogP contribution in [0.2, 0.25) is 0 Å². The Hall–Kier alpha value is -1.98. The zero-order valence-electron chi connectivity index (χ0n) is 11.8. The van der Waals surface area contributed by atoms with E-state index in [0.717, 1.165) is 14.5 Å². The van der Waals surface area contributed by atoms with Gasteiger partial charge in [-0.25, -0.2) is 9.78 Å². The van der Waals surface area contributed by atoms with Crippen molar-refractivity contribution in [3.63, 3.8) is 0 Å². The van der Waals surface area contributed by atoms with Crippen molar-refractivity contribution in [1.82, 2.24) is 4.98 Å². The lowest BCUT2D eigenvalue weighted by molar-refractivity contribution is 0.0699. The van der Waals surface area contributed by atoms with E-state index in [2.05, 4.69) is 36.8 Å². The molecule has 0 bridgehead atoms. The summed E-state index contributed by atoms with van der Waals surface area (Å²) in [6, 6.07) is 15.0. The second-order valence-corrected chi connectivity index (χ2v) is 6.70. The van der Waals surface area contributed by atoms with Gasteiger partial charge in [-0.05, 0) is 45.8 Å². The predicted molar refractivity (Wildman–Crippen MR) is 99.5 cm³/mol. The molecule has 5 heteroatoms. The second-order valence-electron chi connectivity index (χ2n) is 4.93. The fraction of sp³-hybridized carbons (Fsp3) is 0. The van der Waals surface area contributed by atoms with E-state index in [9.17, 15) is 9.90 Å². The Balaban J connectivity index is 2.16. The predicted octanol–water partition coefficient (Wildman–Crippen LogP) is 5.63. The molecule has 0 atom stereocenters. The van der Waals surface area contributed by atoms with Crippen LogP contribution in [0.3, 0.4) is 0 Å². The number of benzene rings is 2. The van der Waals surface area contributed by atoms with E-state index in [4.69, 9.17) is 0 Å². The summed E-state index contributed by atoms with van der Waals surface area (Å²) in [5, 5.41) is 10.1. The number of rotatable bonds is 3. The minimum Gasteiger partial charge on any atom is -0.478 e. The number of pyridine rings is 1. The molecule has 0 saturated heterocycles. The number of hydrogen-bond acceptors (Lipinski definition) is 2. The highest BCUT2D eigenvalue weighted by molar-refractivity contribution is 9.11. The summed E-state index contributed by atoms with van der Waals surface area (Å²) in [4.78, 5) is 16.1. The lowest BCUT2D eigenvalue weighted by atomic mass is 10.1. The van der Waals surface area contributed by atoms with Gasteiger partial charge in [-0.2, -0.15) is 0 Å². The van der Waals surface area contributed by atoms with Crippen LogP contribution in [0.25, 0.3) is 23.1 Å². The minimum atomic E-state index is -0.975. The SMILES string of the molecule is O=C(O)c1cc(/C=C/c2ccccc2)nc2c(Br)cc(Br)cc12. The van der Waals surface area contributed by atoms with Crippen LogP contribution >= 0.6 is 31.9 Å². The van der Waals surface area contributed by atoms with Crippen molar-refractivity contribution in [2.24, 2.45) is 0 Å². The minimum absolute atomic E-state index is 0.227. The van der Waals surface area contributed by atoms with Crippen LogP contribution in [0.1, 0.15) is 21.6 Å². The molecule has 3 nitrogen and oxygen atoms in total. The summed E-state index contributed by atoms with van der Waals surface area (Å²) >= 11 is 6.83. The highest BCUT2D eigenvalue weighted by Crippen LogP contribution is 2.30. The monoisotopic (exact) mass is 431 g/mol. The molecule has 0 spiro atoms. The number of aromatic carboxylic acids is 1. The van der Waals surface area contributed by atoms with Gasteiger partial charge in [0, 0.05) is 14.3 Å². The lowest BCUT2D eigenvalue weighted by Crippen LogP contribution is -2.00. The van der Waals surface area contributed by atoms with E-state index < -0.39 is 5.97 Å². The molecule has 0 aliphatic rings. The Morgan fingerprint density at radius 1 is 1.04 bits per heavy atom. The molecule has 0 radical (unpaired) electrons. The van der Waals surface area contributed by atoms with E-state index in [1.54, 1.807) is 12.1 Å². The van der Waals surface area contributed by atoms with Gasteiger partial charge in [0.1, 0.15) is 0 Å². The Labute approximate surface area is 149 Å². The van der Waals surface area contributed by atoms with E-state index in [1.807, 2.05) is 48.6 Å². The summed E-state index contributed by atoms with van der Waals surface area (Å²) in [6.07, 6.45) is 3.72. The fourth-order valence-corrected chi connectivity index (χ4v) is 3.59. The van der Waals surface area contributed by atoms with Crippen LogP contribution in [-0.2, 0) is 0 Å². The number of carboxylic acids is 1. The Bertz CT molecular complexity index is 921. The number of aromatic nitrogens is 1. The van der Waals surface area contributed by atoms with Crippen LogP contribution in [0, 0.1) is 0 Å². The summed E-state index contributed by atoms with van der Waals surface area (Å²) < 4.78 is 1.55. The number of hydrogen-bond donors (Lipinski definition) is 1. The van der Waals surface area contributed by atoms with Gasteiger partial charge in [-0.1, -0.05) is 52.3 Å². The average Bonchev–Trinajstić information content (AvgIpc) is 2.53. The molecule has 0 unspecified atom stereocenters. The summed E-state index contributed by atoms with van der Waals surface area (Å²) in [7, 11) is 0. The third-order valence-electron chi connectivity index (χ3n) is 3.33. The van der Waals surface area contributed by atoms with Gasteiger partial charge in [-0.15, -0.1) is 0 Å². The molecular formula is C18H11Br2NO2. The zero-order chi connectivity index (χ0) is 16.4. The Morgan fingerprint density at radius 3 is 2.48 bits per heavy atom. The lowest BCUT2D eigenvalue weighted by Gasteiger charge is -2.07. The zero-order valence-corrected chi connectivity index (χ0v) is 15.0. The van der Waals surface area contributed by atoms with Crippen molar-refractivity contribution in [2.75, 3.05) is 0 Å². The van der Waals surface area contributed by atoms with Crippen molar-refractivity contribution in [1.29, 1.82) is 0 Å². The molecule has 0 aliphatic carbocycles. The first-order valence-electron chi connectivity index (χ1n) is 6.81. The molecule has 3 aromatic rings. The number of carbonyl (C=O) groups is 1. The van der Waals surface area contributed by atoms with E-state index in [1.165, 1.54) is 0 Å². The largest absolute Gasteiger partial charge is 0.478 e. The van der Waals surface area contributed by atoms with E-state index >= 15 is 0 Å². The molecule has 1 aromatic heterocycles. The molecule has 1 heterocycles. The summed E-state index contributed by atoms with van der Waals surface area (Å²) in [5.41, 5.74) is 2.48. The summed E-state index contributed by atoms with van der Waals surface area (Å²) in [5.74, 6) is -0.975. The molecule has 0 aliphatic heterocycles. The van der Waals surface area contributed by atoms with Crippen molar-refractivity contribution in [3.05, 3.63) is 74.3 Å². The Morgan fingerprint density at radius 2 is 1.78 bits per heavy atom. The molecular weight excluding hydrogens is 422 g/mol. The van der Waals surface area contributed by atoms with Crippen LogP contribution in [0.5, 0.6) is 0 Å². The summed E-state index contributed by atoms with van der Waals surface area (Å²) in [6.45, 7) is 0. The first kappa shape index (κ1) is 15.9. The van der Waals surface area contributed by atoms with Crippen LogP contribution in [0.15, 0.2) is 57.5 Å². The highest BCUT2D eigenvalue weighted by Gasteiger charge is 2.13. The number of fused-ring (bicyclic) bond motifs is 1. The molecule has 1 N–H and O–H groups in total. The van der Waals surface area contributed by atoms with Gasteiger partial charge in [-0.3, -0.25) is 0 Å². The number of carboxylic acid groups (broad SMARTS) is 1. The smallest absolute Gasteiger partial charge is 0.336 e. The number of halogens is 2. The maximum atomic E-state index is 11.6. The maximum absolute atomic E-state index is 11.6.